The molecule has 0 saturated carbocycles. The minimum absolute atomic E-state index is 0.614. The number of sulfonamides is 1. The van der Waals surface area contributed by atoms with E-state index in [0.29, 0.717) is 4.72 Å². The Kier molecular flexibility index (Phi) is 11.8. The van der Waals surface area contributed by atoms with Crippen molar-refractivity contribution in [3.63, 3.8) is 0 Å². The van der Waals surface area contributed by atoms with Crippen LogP contribution in [0.3, 0.4) is 0 Å². The summed E-state index contributed by atoms with van der Waals surface area (Å²) in [4.78, 5) is 0. The van der Waals surface area contributed by atoms with Crippen LogP contribution in [-0.4, -0.2) is 51.0 Å². The van der Waals surface area contributed by atoms with Crippen LogP contribution in [0.2, 0.25) is 0 Å². The number of nitrogens with two attached hydrogens (primary N) is 1. The summed E-state index contributed by atoms with van der Waals surface area (Å²) >= 11 is 0. The van der Waals surface area contributed by atoms with Gasteiger partial charge in [0.2, 0.25) is 0 Å². The fourth-order valence-electron chi connectivity index (χ4n) is 1.18. The Bertz CT molecular complexity index is 865. The van der Waals surface area contributed by atoms with E-state index < -0.39 is 76.9 Å². The first-order valence-corrected chi connectivity index (χ1v) is 8.77. The van der Waals surface area contributed by atoms with Crippen LogP contribution in [0.4, 0.5) is 74.6 Å². The fourth-order valence-corrected chi connectivity index (χ4v) is 2.10. The Morgan fingerprint density at radius 2 is 1.11 bits per heavy atom. The van der Waals surface area contributed by atoms with Crippen molar-refractivity contribution in [1.29, 1.82) is 0 Å². The van der Waals surface area contributed by atoms with Crippen LogP contribution in [0, 0.1) is 0 Å². The predicted octanol–water partition coefficient (Wildman–Crippen LogP) is 4.93. The zero-order chi connectivity index (χ0) is 28.8. The first-order chi connectivity index (χ1) is 15.2. The second kappa shape index (κ2) is 11.8. The highest BCUT2D eigenvalue weighted by molar-refractivity contribution is 7.90. The van der Waals surface area contributed by atoms with E-state index >= 15 is 0 Å². The maximum Gasteiger partial charge on any atom is 0.471 e. The number of alkyl halides is 10. The molecule has 0 radical (unpaired) electrons. The summed E-state index contributed by atoms with van der Waals surface area (Å²) in [6, 6.07) is -3.92. The Balaban J connectivity index is 0. The highest BCUT2D eigenvalue weighted by Gasteiger charge is 2.82. The topological polar surface area (TPSA) is 90.7 Å². The van der Waals surface area contributed by atoms with Crippen LogP contribution in [0.15, 0.2) is 24.3 Å². The molecule has 0 fully saturated rings. The van der Waals surface area contributed by atoms with Crippen molar-refractivity contribution in [2.45, 2.75) is 29.5 Å². The molecule has 6 nitrogen and oxygen atoms in total. The fraction of sp³-hybridized carbons (Fsp3) is 0.636. The monoisotopic (exact) mass is 586 g/mol. The summed E-state index contributed by atoms with van der Waals surface area (Å²) < 4.78 is 234. The summed E-state index contributed by atoms with van der Waals surface area (Å²) in [5, 5.41) is -6.87. The van der Waals surface area contributed by atoms with Crippen molar-refractivity contribution in [2.24, 2.45) is 5.73 Å². The van der Waals surface area contributed by atoms with Crippen LogP contribution in [0.5, 0.6) is 0 Å². The van der Waals surface area contributed by atoms with Gasteiger partial charge in [0.15, 0.2) is 0 Å². The van der Waals surface area contributed by atoms with Crippen LogP contribution in [-0.2, 0) is 19.5 Å². The summed E-state index contributed by atoms with van der Waals surface area (Å²) in [5.74, 6) is -7.46. The van der Waals surface area contributed by atoms with Crippen molar-refractivity contribution in [1.82, 2.24) is 4.72 Å². The second-order valence-electron chi connectivity index (χ2n) is 5.09. The normalized spacial score (nSPS) is 14.9. The number of halogens is 17. The number of hydrogen-bond donors (Lipinski definition) is 2. The summed E-state index contributed by atoms with van der Waals surface area (Å²) in [6.07, 6.45) is -31.7. The van der Waals surface area contributed by atoms with Gasteiger partial charge in [-0.1, -0.05) is 0 Å². The van der Waals surface area contributed by atoms with Gasteiger partial charge in [0.25, 0.3) is 10.0 Å². The van der Waals surface area contributed by atoms with Crippen LogP contribution in [0.1, 0.15) is 0 Å². The molecule has 210 valence electrons. The molecule has 0 aromatic rings. The number of nitrogens with one attached hydrogen (secondary N) is 1. The molecular formula is C11H7F17N2O4S. The van der Waals surface area contributed by atoms with E-state index in [-0.39, 0.29) is 0 Å². The van der Waals surface area contributed by atoms with Gasteiger partial charge >= 0.3 is 53.8 Å². The SMILES string of the molecule is FC(F)=C(F)F.NCCNS(=O)(=O)C(F)(F)C(F)(F)OC(F)(C(F)(F)F)C(F)(F)OC(F)=C(F)F. The first-order valence-electron chi connectivity index (χ1n) is 7.28. The van der Waals surface area contributed by atoms with Crippen molar-refractivity contribution in [3.05, 3.63) is 24.3 Å². The third kappa shape index (κ3) is 8.52. The van der Waals surface area contributed by atoms with E-state index in [0.717, 1.165) is 0 Å². The zero-order valence-electron chi connectivity index (χ0n) is 15.5. The van der Waals surface area contributed by atoms with Crippen LogP contribution in [0.25, 0.3) is 0 Å². The highest BCUT2D eigenvalue weighted by Crippen LogP contribution is 2.53. The van der Waals surface area contributed by atoms with Crippen LogP contribution < -0.4 is 10.5 Å². The van der Waals surface area contributed by atoms with Crippen molar-refractivity contribution < 1.29 is 92.5 Å². The van der Waals surface area contributed by atoms with E-state index in [1.54, 1.807) is 4.74 Å². The van der Waals surface area contributed by atoms with Gasteiger partial charge in [-0.3, -0.25) is 4.74 Å². The molecule has 0 aromatic heterocycles. The number of rotatable bonds is 10. The van der Waals surface area contributed by atoms with Gasteiger partial charge < -0.3 is 10.5 Å². The Morgan fingerprint density at radius 1 is 0.714 bits per heavy atom. The zero-order valence-corrected chi connectivity index (χ0v) is 16.3. The molecule has 0 bridgehead atoms. The maximum absolute atomic E-state index is 13.7. The standard InChI is InChI=1S/C9H7F13N2O4S.C2F4/c10-3(11)4(12)27-7(17,18)5(13,6(14,15)16)28-8(19,20)9(21,22)29(25,26)24-2-1-23;3-1(4)2(5)6/h24H,1-2,23H2;. The molecule has 1 unspecified atom stereocenters. The van der Waals surface area contributed by atoms with Crippen LogP contribution >= 0.6 is 0 Å². The first kappa shape index (κ1) is 35.1. The molecule has 24 heteroatoms. The lowest BCUT2D eigenvalue weighted by atomic mass is 10.2. The average Bonchev–Trinajstić information content (AvgIpc) is 2.64. The third-order valence-electron chi connectivity index (χ3n) is 2.63. The van der Waals surface area contributed by atoms with Gasteiger partial charge in [-0.15, -0.1) is 0 Å². The Morgan fingerprint density at radius 3 is 1.40 bits per heavy atom. The minimum Gasteiger partial charge on any atom is -0.398 e. The predicted molar refractivity (Wildman–Crippen MR) is 74.7 cm³/mol. The molecule has 0 aliphatic heterocycles. The molecule has 0 saturated heterocycles. The molecule has 35 heavy (non-hydrogen) atoms. The molecule has 3 N–H and O–H groups in total. The molecule has 0 aliphatic carbocycles. The maximum atomic E-state index is 13.7. The van der Waals surface area contributed by atoms with E-state index in [1.807, 2.05) is 4.74 Å². The lowest BCUT2D eigenvalue weighted by Gasteiger charge is -2.36. The van der Waals surface area contributed by atoms with Crippen molar-refractivity contribution in [2.75, 3.05) is 13.1 Å². The third-order valence-corrected chi connectivity index (χ3v) is 4.13. The van der Waals surface area contributed by atoms with Gasteiger partial charge in [0.05, 0.1) is 0 Å². The number of ether oxygens (including phenoxy) is 2. The van der Waals surface area contributed by atoms with E-state index in [2.05, 4.69) is 5.73 Å². The van der Waals surface area contributed by atoms with Gasteiger partial charge in [-0.25, -0.2) is 13.1 Å². The van der Waals surface area contributed by atoms with Gasteiger partial charge in [0, 0.05) is 13.1 Å². The molecule has 0 rings (SSSR count). The summed E-state index contributed by atoms with van der Waals surface area (Å²) in [5.41, 5.74) is 4.66. The van der Waals surface area contributed by atoms with Gasteiger partial charge in [0.1, 0.15) is 0 Å². The Labute approximate surface area is 181 Å². The molecular weight excluding hydrogens is 579 g/mol. The summed E-state index contributed by atoms with van der Waals surface area (Å²) in [7, 11) is -6.74. The van der Waals surface area contributed by atoms with Gasteiger partial charge in [-0.05, 0) is 0 Å². The van der Waals surface area contributed by atoms with E-state index in [9.17, 15) is 83.1 Å². The molecule has 0 aliphatic rings. The molecule has 1 atom stereocenters. The van der Waals surface area contributed by atoms with Gasteiger partial charge in [-0.2, -0.15) is 74.6 Å². The van der Waals surface area contributed by atoms with Crippen molar-refractivity contribution in [3.8, 4) is 0 Å². The quantitative estimate of drug-likeness (QED) is 0.280. The largest absolute Gasteiger partial charge is 0.471 e. The highest BCUT2D eigenvalue weighted by atomic mass is 32.2. The number of hydrogen-bond acceptors (Lipinski definition) is 5. The molecule has 0 spiro atoms. The molecule has 0 amide bonds. The van der Waals surface area contributed by atoms with Crippen molar-refractivity contribution >= 4 is 10.0 Å². The molecule has 0 aromatic carbocycles. The van der Waals surface area contributed by atoms with E-state index in [1.165, 1.54) is 0 Å². The molecule has 0 heterocycles. The second-order valence-corrected chi connectivity index (χ2v) is 6.90. The lowest BCUT2D eigenvalue weighted by Crippen LogP contribution is -2.65. The Hall–Kier alpha value is -2.08. The minimum atomic E-state index is -7.49. The summed E-state index contributed by atoms with van der Waals surface area (Å²) in [6.45, 7) is -2.05. The van der Waals surface area contributed by atoms with E-state index in [4.69, 9.17) is 0 Å². The lowest BCUT2D eigenvalue weighted by molar-refractivity contribution is -0.510. The average molecular weight is 586 g/mol. The smallest absolute Gasteiger partial charge is 0.398 e.